The van der Waals surface area contributed by atoms with Gasteiger partial charge in [0.05, 0.1) is 5.92 Å². The summed E-state index contributed by atoms with van der Waals surface area (Å²) in [6.07, 6.45) is -1.96. The van der Waals surface area contributed by atoms with Crippen molar-refractivity contribution >= 4 is 0 Å². The highest BCUT2D eigenvalue weighted by Crippen LogP contribution is 2.62. The van der Waals surface area contributed by atoms with Crippen molar-refractivity contribution in [1.29, 1.82) is 0 Å². The molecule has 2 atom stereocenters. The van der Waals surface area contributed by atoms with E-state index in [1.165, 1.54) is 0 Å². The first-order valence-corrected chi connectivity index (χ1v) is 4.32. The van der Waals surface area contributed by atoms with E-state index in [-0.39, 0.29) is 0 Å². The van der Waals surface area contributed by atoms with Crippen molar-refractivity contribution in [3.63, 3.8) is 0 Å². The molecule has 0 aromatic carbocycles. The molecule has 1 saturated carbocycles. The van der Waals surface area contributed by atoms with E-state index in [0.717, 1.165) is 19.4 Å². The molecule has 12 heavy (non-hydrogen) atoms. The van der Waals surface area contributed by atoms with Gasteiger partial charge < -0.3 is 5.32 Å². The maximum absolute atomic E-state index is 12.2. The third kappa shape index (κ3) is 1.22. The van der Waals surface area contributed by atoms with Crippen LogP contribution in [0.15, 0.2) is 0 Å². The van der Waals surface area contributed by atoms with Crippen LogP contribution >= 0.6 is 0 Å². The Morgan fingerprint density at radius 2 is 2.08 bits per heavy atom. The summed E-state index contributed by atoms with van der Waals surface area (Å²) in [5.74, 6) is -1.02. The molecule has 4 heteroatoms. The third-order valence-electron chi connectivity index (χ3n) is 3.09. The van der Waals surface area contributed by atoms with E-state index in [2.05, 4.69) is 5.32 Å². The highest BCUT2D eigenvalue weighted by molar-refractivity contribution is 5.08. The molecule has 2 aliphatic rings. The second kappa shape index (κ2) is 2.37. The monoisotopic (exact) mass is 179 g/mol. The molecule has 1 aliphatic heterocycles. The number of hydrogen-bond donors (Lipinski definition) is 1. The van der Waals surface area contributed by atoms with Crippen LogP contribution in [0.2, 0.25) is 0 Å². The molecule has 0 bridgehead atoms. The third-order valence-corrected chi connectivity index (χ3v) is 3.09. The number of rotatable bonds is 0. The molecule has 2 fully saturated rings. The number of alkyl halides is 3. The first kappa shape index (κ1) is 8.35. The molecule has 2 rings (SSSR count). The standard InChI is InChI=1S/C8H12F3N/c9-8(10,11)6-4-7(6)2-1-3-12-5-7/h6,12H,1-5H2. The van der Waals surface area contributed by atoms with E-state index >= 15 is 0 Å². The first-order chi connectivity index (χ1) is 5.55. The number of nitrogens with one attached hydrogen (secondary N) is 1. The van der Waals surface area contributed by atoms with Crippen molar-refractivity contribution in [3.05, 3.63) is 0 Å². The van der Waals surface area contributed by atoms with Crippen molar-refractivity contribution in [2.75, 3.05) is 13.1 Å². The van der Waals surface area contributed by atoms with Gasteiger partial charge in [0.1, 0.15) is 0 Å². The first-order valence-electron chi connectivity index (χ1n) is 4.32. The molecule has 0 radical (unpaired) electrons. The van der Waals surface area contributed by atoms with Gasteiger partial charge in [0.25, 0.3) is 0 Å². The van der Waals surface area contributed by atoms with Gasteiger partial charge in [0, 0.05) is 6.54 Å². The summed E-state index contributed by atoms with van der Waals surface area (Å²) in [4.78, 5) is 0. The lowest BCUT2D eigenvalue weighted by atomic mass is 9.93. The van der Waals surface area contributed by atoms with Crippen molar-refractivity contribution in [1.82, 2.24) is 5.32 Å². The fourth-order valence-electron chi connectivity index (χ4n) is 2.27. The molecule has 1 heterocycles. The molecular weight excluding hydrogens is 167 g/mol. The van der Waals surface area contributed by atoms with Gasteiger partial charge in [0.15, 0.2) is 0 Å². The molecule has 1 spiro atoms. The molecule has 0 amide bonds. The van der Waals surface area contributed by atoms with Crippen LogP contribution in [0, 0.1) is 11.3 Å². The van der Waals surface area contributed by atoms with E-state index in [9.17, 15) is 13.2 Å². The van der Waals surface area contributed by atoms with Crippen LogP contribution in [-0.2, 0) is 0 Å². The van der Waals surface area contributed by atoms with Gasteiger partial charge in [-0.2, -0.15) is 13.2 Å². The van der Waals surface area contributed by atoms with Crippen LogP contribution in [0.1, 0.15) is 19.3 Å². The van der Waals surface area contributed by atoms with Crippen molar-refractivity contribution in [2.45, 2.75) is 25.4 Å². The van der Waals surface area contributed by atoms with Gasteiger partial charge in [-0.05, 0) is 31.2 Å². The zero-order valence-electron chi connectivity index (χ0n) is 6.75. The minimum atomic E-state index is -3.96. The topological polar surface area (TPSA) is 12.0 Å². The summed E-state index contributed by atoms with van der Waals surface area (Å²) in [5.41, 5.74) is -0.406. The molecule has 1 nitrogen and oxygen atoms in total. The molecule has 1 aliphatic carbocycles. The van der Waals surface area contributed by atoms with Crippen LogP contribution in [0.3, 0.4) is 0 Å². The van der Waals surface area contributed by atoms with Crippen molar-refractivity contribution < 1.29 is 13.2 Å². The lowest BCUT2D eigenvalue weighted by molar-refractivity contribution is -0.157. The Hall–Kier alpha value is -0.250. The Kier molecular flexibility index (Phi) is 1.65. The van der Waals surface area contributed by atoms with E-state index in [1.54, 1.807) is 0 Å². The maximum atomic E-state index is 12.2. The van der Waals surface area contributed by atoms with Gasteiger partial charge in [-0.3, -0.25) is 0 Å². The Bertz CT molecular complexity index is 181. The van der Waals surface area contributed by atoms with Crippen LogP contribution in [-0.4, -0.2) is 19.3 Å². The van der Waals surface area contributed by atoms with Crippen LogP contribution in [0.25, 0.3) is 0 Å². The summed E-state index contributed by atoms with van der Waals surface area (Å²) in [6.45, 7) is 1.45. The Morgan fingerprint density at radius 1 is 1.33 bits per heavy atom. The molecular formula is C8H12F3N. The second-order valence-corrected chi connectivity index (χ2v) is 3.94. The van der Waals surface area contributed by atoms with E-state index in [4.69, 9.17) is 0 Å². The fraction of sp³-hybridized carbons (Fsp3) is 1.00. The highest BCUT2D eigenvalue weighted by atomic mass is 19.4. The lowest BCUT2D eigenvalue weighted by Crippen LogP contribution is -2.34. The van der Waals surface area contributed by atoms with Crippen LogP contribution in [0.5, 0.6) is 0 Å². The average Bonchev–Trinajstić information content (AvgIpc) is 2.65. The minimum Gasteiger partial charge on any atom is -0.316 e. The zero-order valence-corrected chi connectivity index (χ0v) is 6.75. The summed E-state index contributed by atoms with van der Waals surface area (Å²) < 4.78 is 36.7. The lowest BCUT2D eigenvalue weighted by Gasteiger charge is -2.24. The van der Waals surface area contributed by atoms with Gasteiger partial charge in [-0.25, -0.2) is 0 Å². The molecule has 0 aromatic heterocycles. The molecule has 1 N–H and O–H groups in total. The van der Waals surface area contributed by atoms with Gasteiger partial charge in [-0.15, -0.1) is 0 Å². The van der Waals surface area contributed by atoms with E-state index in [1.807, 2.05) is 0 Å². The summed E-state index contributed by atoms with van der Waals surface area (Å²) >= 11 is 0. The van der Waals surface area contributed by atoms with Gasteiger partial charge >= 0.3 is 6.18 Å². The van der Waals surface area contributed by atoms with Crippen LogP contribution in [0.4, 0.5) is 13.2 Å². The Labute approximate surface area is 69.3 Å². The smallest absolute Gasteiger partial charge is 0.316 e. The molecule has 0 aromatic rings. The van der Waals surface area contributed by atoms with E-state index < -0.39 is 17.5 Å². The number of halogens is 3. The van der Waals surface area contributed by atoms with Gasteiger partial charge in [0.2, 0.25) is 0 Å². The van der Waals surface area contributed by atoms with Crippen molar-refractivity contribution in [2.24, 2.45) is 11.3 Å². The van der Waals surface area contributed by atoms with E-state index in [0.29, 0.717) is 13.0 Å². The minimum absolute atomic E-state index is 0.351. The summed E-state index contributed by atoms with van der Waals surface area (Å²) in [5, 5.41) is 3.04. The predicted octanol–water partition coefficient (Wildman–Crippen LogP) is 1.94. The molecule has 70 valence electrons. The molecule has 2 unspecified atom stereocenters. The maximum Gasteiger partial charge on any atom is 0.392 e. The number of piperidine rings is 1. The average molecular weight is 179 g/mol. The largest absolute Gasteiger partial charge is 0.392 e. The zero-order chi connectivity index (χ0) is 8.82. The predicted molar refractivity (Wildman–Crippen MR) is 38.7 cm³/mol. The summed E-state index contributed by atoms with van der Waals surface area (Å²) in [6, 6.07) is 0. The van der Waals surface area contributed by atoms with Crippen LogP contribution < -0.4 is 5.32 Å². The normalized spacial score (nSPS) is 41.8. The summed E-state index contributed by atoms with van der Waals surface area (Å²) in [7, 11) is 0. The quantitative estimate of drug-likeness (QED) is 0.599. The number of hydrogen-bond acceptors (Lipinski definition) is 1. The SMILES string of the molecule is FC(F)(F)C1CC12CCCNC2. The fourth-order valence-corrected chi connectivity index (χ4v) is 2.27. The van der Waals surface area contributed by atoms with Crippen molar-refractivity contribution in [3.8, 4) is 0 Å². The highest BCUT2D eigenvalue weighted by Gasteiger charge is 2.66. The van der Waals surface area contributed by atoms with Gasteiger partial charge in [-0.1, -0.05) is 0 Å². The Morgan fingerprint density at radius 3 is 2.50 bits per heavy atom. The molecule has 1 saturated heterocycles. The Balaban J connectivity index is 1.99. The second-order valence-electron chi connectivity index (χ2n) is 3.94.